The van der Waals surface area contributed by atoms with Gasteiger partial charge < -0.3 is 4.74 Å². The van der Waals surface area contributed by atoms with Gasteiger partial charge in [-0.2, -0.15) is 5.26 Å². The van der Waals surface area contributed by atoms with E-state index in [1.165, 1.54) is 24.3 Å². The topological polar surface area (TPSA) is 87.5 Å². The summed E-state index contributed by atoms with van der Waals surface area (Å²) in [7, 11) is -4.14. The van der Waals surface area contributed by atoms with Crippen molar-refractivity contribution in [3.63, 3.8) is 0 Å². The largest absolute Gasteiger partial charge is 0.485 e. The first-order valence-electron chi connectivity index (χ1n) is 10.1. The first kappa shape index (κ1) is 23.7. The Bertz CT molecular complexity index is 1390. The van der Waals surface area contributed by atoms with Gasteiger partial charge in [0.15, 0.2) is 5.78 Å². The third-order valence-corrected chi connectivity index (χ3v) is 7.39. The first-order chi connectivity index (χ1) is 16.2. The molecule has 6 nitrogen and oxygen atoms in total. The molecule has 4 rings (SSSR count). The van der Waals surface area contributed by atoms with E-state index in [2.05, 4.69) is 0 Å². The number of carbonyl (C=O) groups is 1. The predicted molar refractivity (Wildman–Crippen MR) is 121 cm³/mol. The van der Waals surface area contributed by atoms with Crippen LogP contribution in [-0.4, -0.2) is 26.8 Å². The molecule has 10 heteroatoms. The molecule has 34 heavy (non-hydrogen) atoms. The molecular weight excluding hydrogens is 486 g/mol. The van der Waals surface area contributed by atoms with Crippen LogP contribution in [0.4, 0.5) is 14.5 Å². The minimum Gasteiger partial charge on any atom is -0.485 e. The van der Waals surface area contributed by atoms with Crippen LogP contribution >= 0.6 is 11.6 Å². The van der Waals surface area contributed by atoms with Gasteiger partial charge in [-0.05, 0) is 54.1 Å². The quantitative estimate of drug-likeness (QED) is 0.447. The van der Waals surface area contributed by atoms with E-state index in [9.17, 15) is 22.0 Å². The van der Waals surface area contributed by atoms with E-state index in [-0.39, 0.29) is 46.3 Å². The molecule has 0 aliphatic carbocycles. The fraction of sp³-hybridized carbons (Fsp3) is 0.167. The number of halogens is 3. The molecule has 3 aromatic rings. The maximum atomic E-state index is 14.2. The molecule has 0 radical (unpaired) electrons. The molecule has 0 unspecified atom stereocenters. The van der Waals surface area contributed by atoms with Crippen molar-refractivity contribution in [3.8, 4) is 11.8 Å². The molecule has 1 aliphatic heterocycles. The highest BCUT2D eigenvalue weighted by Gasteiger charge is 2.35. The van der Waals surface area contributed by atoms with Gasteiger partial charge in [0.2, 0.25) is 0 Å². The number of hydrogen-bond acceptors (Lipinski definition) is 5. The van der Waals surface area contributed by atoms with E-state index >= 15 is 0 Å². The van der Waals surface area contributed by atoms with Gasteiger partial charge in [-0.25, -0.2) is 17.2 Å². The maximum Gasteiger partial charge on any atom is 0.264 e. The van der Waals surface area contributed by atoms with Crippen LogP contribution in [0.25, 0.3) is 0 Å². The smallest absolute Gasteiger partial charge is 0.264 e. The summed E-state index contributed by atoms with van der Waals surface area (Å²) in [6, 6.07) is 14.8. The molecule has 1 aliphatic rings. The van der Waals surface area contributed by atoms with Gasteiger partial charge in [0, 0.05) is 6.42 Å². The zero-order valence-corrected chi connectivity index (χ0v) is 19.1. The molecule has 0 fully saturated rings. The van der Waals surface area contributed by atoms with Crippen LogP contribution in [0.5, 0.6) is 5.75 Å². The number of hydrogen-bond donors (Lipinski definition) is 0. The summed E-state index contributed by atoms with van der Waals surface area (Å²) in [5.41, 5.74) is 0.316. The minimum atomic E-state index is -4.14. The fourth-order valence-electron chi connectivity index (χ4n) is 3.68. The lowest BCUT2D eigenvalue weighted by atomic mass is 10.0. The number of ketones is 1. The Morgan fingerprint density at radius 3 is 2.56 bits per heavy atom. The van der Waals surface area contributed by atoms with Crippen molar-refractivity contribution < 1.29 is 26.7 Å². The Morgan fingerprint density at radius 2 is 1.88 bits per heavy atom. The van der Waals surface area contributed by atoms with E-state index < -0.39 is 33.5 Å². The molecule has 0 saturated carbocycles. The summed E-state index contributed by atoms with van der Waals surface area (Å²) in [6.45, 7) is -0.156. The number of anilines is 1. The van der Waals surface area contributed by atoms with E-state index in [0.717, 1.165) is 34.6 Å². The Kier molecular flexibility index (Phi) is 6.55. The fourth-order valence-corrected chi connectivity index (χ4v) is 5.44. The van der Waals surface area contributed by atoms with Crippen LogP contribution < -0.4 is 9.04 Å². The summed E-state index contributed by atoms with van der Waals surface area (Å²) in [5, 5.41) is 9.06. The molecule has 1 heterocycles. The second-order valence-corrected chi connectivity index (χ2v) is 9.86. The second-order valence-electron chi connectivity index (χ2n) is 7.59. The maximum absolute atomic E-state index is 14.2. The van der Waals surface area contributed by atoms with Gasteiger partial charge in [-0.15, -0.1) is 0 Å². The van der Waals surface area contributed by atoms with Crippen molar-refractivity contribution in [2.45, 2.75) is 23.8 Å². The lowest BCUT2D eigenvalue weighted by Crippen LogP contribution is -2.43. The Balaban J connectivity index is 1.73. The minimum absolute atomic E-state index is 0.0221. The molecule has 174 valence electrons. The number of nitriles is 1. The van der Waals surface area contributed by atoms with Gasteiger partial charge >= 0.3 is 0 Å². The van der Waals surface area contributed by atoms with E-state index in [1.54, 1.807) is 6.07 Å². The highest BCUT2D eigenvalue weighted by molar-refractivity contribution is 7.92. The van der Waals surface area contributed by atoms with E-state index in [1.807, 2.05) is 6.07 Å². The van der Waals surface area contributed by atoms with Crippen LogP contribution in [0.1, 0.15) is 22.3 Å². The highest BCUT2D eigenvalue weighted by Crippen LogP contribution is 2.38. The van der Waals surface area contributed by atoms with Gasteiger partial charge in [-0.3, -0.25) is 9.10 Å². The number of rotatable bonds is 6. The van der Waals surface area contributed by atoms with Crippen LogP contribution in [0.2, 0.25) is 5.02 Å². The molecule has 1 atom stereocenters. The monoisotopic (exact) mass is 502 g/mol. The molecule has 0 aromatic heterocycles. The van der Waals surface area contributed by atoms with E-state index in [0.29, 0.717) is 5.56 Å². The summed E-state index contributed by atoms with van der Waals surface area (Å²) >= 11 is 5.99. The number of sulfonamides is 1. The number of benzene rings is 3. The number of carbonyl (C=O) groups excluding carboxylic acids is 1. The van der Waals surface area contributed by atoms with Crippen molar-refractivity contribution in [3.05, 3.63) is 88.4 Å². The normalized spacial score (nSPS) is 15.2. The van der Waals surface area contributed by atoms with Crippen molar-refractivity contribution >= 4 is 33.1 Å². The Hall–Kier alpha value is -3.48. The standard InChI is InChI=1S/C24H17ClF2N2O4S/c25-19-2-1-3-20(27)24(19)22(30)13-15-4-9-23-21(12-15)29(14-17(33-23)10-11-28)34(31,32)18-7-5-16(26)6-8-18/h1-9,12,17H,10,13-14H2/t17-/m0/s1. The lowest BCUT2D eigenvalue weighted by molar-refractivity contribution is 0.0989. The van der Waals surface area contributed by atoms with E-state index in [4.69, 9.17) is 21.6 Å². The number of ether oxygens (including phenoxy) is 1. The first-order valence-corrected chi connectivity index (χ1v) is 11.9. The molecule has 0 bridgehead atoms. The van der Waals surface area contributed by atoms with Crippen LogP contribution in [0.3, 0.4) is 0 Å². The Labute approximate surface area is 200 Å². The van der Waals surface area contributed by atoms with Gasteiger partial charge in [0.25, 0.3) is 10.0 Å². The zero-order chi connectivity index (χ0) is 24.5. The van der Waals surface area contributed by atoms with Crippen molar-refractivity contribution in [2.24, 2.45) is 0 Å². The van der Waals surface area contributed by atoms with Crippen LogP contribution in [0, 0.1) is 23.0 Å². The highest BCUT2D eigenvalue weighted by atomic mass is 35.5. The van der Waals surface area contributed by atoms with Crippen molar-refractivity contribution in [2.75, 3.05) is 10.8 Å². The molecular formula is C24H17ClF2N2O4S. The molecule has 3 aromatic carbocycles. The van der Waals surface area contributed by atoms with Crippen LogP contribution in [0.15, 0.2) is 65.6 Å². The summed E-state index contributed by atoms with van der Waals surface area (Å²) < 4.78 is 61.1. The molecule has 0 spiro atoms. The Morgan fingerprint density at radius 1 is 1.15 bits per heavy atom. The second kappa shape index (κ2) is 9.41. The zero-order valence-electron chi connectivity index (χ0n) is 17.5. The number of nitrogens with zero attached hydrogens (tertiary/aromatic N) is 2. The number of fused-ring (bicyclic) bond motifs is 1. The van der Waals surface area contributed by atoms with Crippen molar-refractivity contribution in [1.29, 1.82) is 5.26 Å². The van der Waals surface area contributed by atoms with Crippen LogP contribution in [-0.2, 0) is 16.4 Å². The SMILES string of the molecule is N#CC[C@H]1CN(S(=O)(=O)c2ccc(F)cc2)c2cc(CC(=O)c3c(F)cccc3Cl)ccc2O1. The third-order valence-electron chi connectivity index (χ3n) is 5.28. The molecule has 0 N–H and O–H groups in total. The summed E-state index contributed by atoms with van der Waals surface area (Å²) in [5.74, 6) is -1.71. The van der Waals surface area contributed by atoms with Crippen molar-refractivity contribution in [1.82, 2.24) is 0 Å². The summed E-state index contributed by atoms with van der Waals surface area (Å²) in [4.78, 5) is 12.6. The number of Topliss-reactive ketones (excluding diaryl/α,β-unsaturated/α-hetero) is 1. The average Bonchev–Trinajstić information content (AvgIpc) is 2.79. The van der Waals surface area contributed by atoms with Gasteiger partial charge in [0.05, 0.1) is 40.2 Å². The third kappa shape index (κ3) is 4.60. The summed E-state index contributed by atoms with van der Waals surface area (Å²) in [6.07, 6.45) is -1.02. The molecule has 0 amide bonds. The van der Waals surface area contributed by atoms with Gasteiger partial charge in [0.1, 0.15) is 23.5 Å². The van der Waals surface area contributed by atoms with Gasteiger partial charge in [-0.1, -0.05) is 23.7 Å². The average molecular weight is 503 g/mol. The predicted octanol–water partition coefficient (Wildman–Crippen LogP) is 4.91. The lowest BCUT2D eigenvalue weighted by Gasteiger charge is -2.35. The molecule has 0 saturated heterocycles.